The van der Waals surface area contributed by atoms with Crippen molar-refractivity contribution in [3.05, 3.63) is 17.5 Å². The number of aryl methyl sites for hydroxylation is 2. The highest BCUT2D eigenvalue weighted by Gasteiger charge is 2.34. The Morgan fingerprint density at radius 2 is 2.06 bits per heavy atom. The molecule has 1 saturated heterocycles. The summed E-state index contributed by atoms with van der Waals surface area (Å²) < 4.78 is 1.63. The predicted octanol–water partition coefficient (Wildman–Crippen LogP) is -0.611. The monoisotopic (exact) mass is 239 g/mol. The van der Waals surface area contributed by atoms with Crippen molar-refractivity contribution in [1.29, 1.82) is 0 Å². The van der Waals surface area contributed by atoms with Crippen molar-refractivity contribution in [2.24, 2.45) is 0 Å². The van der Waals surface area contributed by atoms with Gasteiger partial charge in [-0.25, -0.2) is 0 Å². The Labute approximate surface area is 99.5 Å². The van der Waals surface area contributed by atoms with E-state index >= 15 is 0 Å². The van der Waals surface area contributed by atoms with Gasteiger partial charge in [-0.05, 0) is 19.9 Å². The zero-order chi connectivity index (χ0) is 12.6. The lowest BCUT2D eigenvalue weighted by Gasteiger charge is -2.15. The molecule has 0 saturated carbocycles. The number of rotatable bonds is 2. The Balaban J connectivity index is 2.20. The molecule has 1 fully saturated rings. The van der Waals surface area contributed by atoms with E-state index in [0.717, 1.165) is 5.69 Å². The predicted molar refractivity (Wildman–Crippen MR) is 60.6 cm³/mol. The summed E-state index contributed by atoms with van der Waals surface area (Å²) in [6.45, 7) is 4.71. The summed E-state index contributed by atoms with van der Waals surface area (Å²) in [6, 6.07) is 1.73. The van der Waals surface area contributed by atoms with Crippen LogP contribution in [-0.2, 0) is 6.54 Å². The topological polar surface area (TPSA) is 78.6 Å². The van der Waals surface area contributed by atoms with Crippen LogP contribution in [0, 0.1) is 6.92 Å². The first-order valence-corrected chi connectivity index (χ1v) is 5.72. The average Bonchev–Trinajstić information content (AvgIpc) is 2.82. The maximum Gasteiger partial charge on any atom is 0.272 e. The highest BCUT2D eigenvalue weighted by molar-refractivity contribution is 5.93. The third kappa shape index (κ3) is 2.18. The molecule has 94 valence electrons. The van der Waals surface area contributed by atoms with E-state index < -0.39 is 12.2 Å². The van der Waals surface area contributed by atoms with Gasteiger partial charge in [-0.3, -0.25) is 9.48 Å². The smallest absolute Gasteiger partial charge is 0.272 e. The molecule has 0 spiro atoms. The Morgan fingerprint density at radius 3 is 2.59 bits per heavy atom. The molecule has 2 rings (SSSR count). The van der Waals surface area contributed by atoms with Crippen LogP contribution in [-0.4, -0.2) is 56.1 Å². The van der Waals surface area contributed by atoms with E-state index in [4.69, 9.17) is 0 Å². The van der Waals surface area contributed by atoms with E-state index in [1.165, 1.54) is 4.90 Å². The van der Waals surface area contributed by atoms with E-state index in [9.17, 15) is 15.0 Å². The van der Waals surface area contributed by atoms with Crippen molar-refractivity contribution in [2.75, 3.05) is 13.1 Å². The van der Waals surface area contributed by atoms with Crippen molar-refractivity contribution in [3.63, 3.8) is 0 Å². The summed E-state index contributed by atoms with van der Waals surface area (Å²) >= 11 is 0. The Hall–Kier alpha value is -1.40. The van der Waals surface area contributed by atoms with Crippen LogP contribution in [0.3, 0.4) is 0 Å². The van der Waals surface area contributed by atoms with E-state index in [1.54, 1.807) is 10.7 Å². The highest BCUT2D eigenvalue weighted by Crippen LogP contribution is 2.15. The second-order valence-corrected chi connectivity index (χ2v) is 4.33. The molecule has 1 aromatic rings. The summed E-state index contributed by atoms with van der Waals surface area (Å²) in [6.07, 6.45) is -1.70. The van der Waals surface area contributed by atoms with E-state index in [0.29, 0.717) is 12.2 Å². The summed E-state index contributed by atoms with van der Waals surface area (Å²) in [5.41, 5.74) is 1.29. The van der Waals surface area contributed by atoms with Gasteiger partial charge in [-0.2, -0.15) is 5.10 Å². The van der Waals surface area contributed by atoms with Crippen LogP contribution in [0.5, 0.6) is 0 Å². The number of hydrogen-bond donors (Lipinski definition) is 2. The van der Waals surface area contributed by atoms with Crippen molar-refractivity contribution in [3.8, 4) is 0 Å². The molecular formula is C11H17N3O3. The quantitative estimate of drug-likeness (QED) is 0.721. The molecule has 2 N–H and O–H groups in total. The lowest BCUT2D eigenvalue weighted by molar-refractivity contribution is 0.0572. The maximum atomic E-state index is 12.2. The largest absolute Gasteiger partial charge is 0.388 e. The molecule has 1 amide bonds. The number of likely N-dealkylation sites (tertiary alicyclic amines) is 1. The number of amides is 1. The first-order valence-electron chi connectivity index (χ1n) is 5.72. The van der Waals surface area contributed by atoms with Gasteiger partial charge < -0.3 is 15.1 Å². The summed E-state index contributed by atoms with van der Waals surface area (Å²) in [5, 5.41) is 23.1. The molecule has 0 radical (unpaired) electrons. The van der Waals surface area contributed by atoms with Gasteiger partial charge in [0.15, 0.2) is 0 Å². The molecular weight excluding hydrogens is 222 g/mol. The zero-order valence-corrected chi connectivity index (χ0v) is 10.00. The molecule has 1 aromatic heterocycles. The van der Waals surface area contributed by atoms with Gasteiger partial charge in [0.05, 0.1) is 17.9 Å². The van der Waals surface area contributed by atoms with Gasteiger partial charge in [0.2, 0.25) is 0 Å². The normalized spacial score (nSPS) is 24.4. The van der Waals surface area contributed by atoms with Crippen molar-refractivity contribution in [2.45, 2.75) is 32.6 Å². The fourth-order valence-electron chi connectivity index (χ4n) is 2.06. The molecule has 6 heteroatoms. The van der Waals surface area contributed by atoms with Gasteiger partial charge >= 0.3 is 0 Å². The second-order valence-electron chi connectivity index (χ2n) is 4.33. The maximum absolute atomic E-state index is 12.2. The minimum absolute atomic E-state index is 0.175. The second kappa shape index (κ2) is 4.46. The Kier molecular flexibility index (Phi) is 3.17. The molecule has 0 bridgehead atoms. The van der Waals surface area contributed by atoms with Crippen LogP contribution in [0.25, 0.3) is 0 Å². The lowest BCUT2D eigenvalue weighted by Crippen LogP contribution is -2.31. The Bertz CT molecular complexity index is 420. The summed E-state index contributed by atoms with van der Waals surface area (Å²) in [4.78, 5) is 13.6. The van der Waals surface area contributed by atoms with Crippen molar-refractivity contribution < 1.29 is 15.0 Å². The van der Waals surface area contributed by atoms with E-state index in [-0.39, 0.29) is 19.0 Å². The van der Waals surface area contributed by atoms with Crippen LogP contribution >= 0.6 is 0 Å². The number of aromatic nitrogens is 2. The minimum atomic E-state index is -0.849. The SMILES string of the molecule is CCn1nc(C)cc1C(=O)N1C[C@@H](O)[C@@H](O)C1. The number of aliphatic hydroxyl groups excluding tert-OH is 2. The van der Waals surface area contributed by atoms with Crippen LogP contribution < -0.4 is 0 Å². The minimum Gasteiger partial charge on any atom is -0.388 e. The Morgan fingerprint density at radius 1 is 1.47 bits per heavy atom. The number of carbonyl (C=O) groups excluding carboxylic acids is 1. The number of nitrogens with zero attached hydrogens (tertiary/aromatic N) is 3. The molecule has 0 unspecified atom stereocenters. The van der Waals surface area contributed by atoms with Gasteiger partial charge in [0.1, 0.15) is 5.69 Å². The lowest BCUT2D eigenvalue weighted by atomic mass is 10.3. The third-order valence-corrected chi connectivity index (χ3v) is 2.97. The van der Waals surface area contributed by atoms with E-state index in [2.05, 4.69) is 5.10 Å². The number of β-amino-alcohol motifs (C(OH)–C–C–N with tert-alkyl or cyclic N) is 2. The molecule has 2 atom stereocenters. The fourth-order valence-corrected chi connectivity index (χ4v) is 2.06. The molecule has 2 heterocycles. The average molecular weight is 239 g/mol. The van der Waals surface area contributed by atoms with Crippen LogP contribution in [0.4, 0.5) is 0 Å². The van der Waals surface area contributed by atoms with Crippen molar-refractivity contribution >= 4 is 5.91 Å². The molecule has 6 nitrogen and oxygen atoms in total. The molecule has 1 aliphatic rings. The first-order chi connectivity index (χ1) is 8.02. The third-order valence-electron chi connectivity index (χ3n) is 2.97. The zero-order valence-electron chi connectivity index (χ0n) is 10.00. The number of hydrogen-bond acceptors (Lipinski definition) is 4. The molecule has 17 heavy (non-hydrogen) atoms. The highest BCUT2D eigenvalue weighted by atomic mass is 16.3. The fraction of sp³-hybridized carbons (Fsp3) is 0.636. The van der Waals surface area contributed by atoms with E-state index in [1.807, 2.05) is 13.8 Å². The van der Waals surface area contributed by atoms with Crippen LogP contribution in [0.1, 0.15) is 23.1 Å². The van der Waals surface area contributed by atoms with Gasteiger partial charge in [-0.15, -0.1) is 0 Å². The van der Waals surface area contributed by atoms with Gasteiger partial charge in [0.25, 0.3) is 5.91 Å². The summed E-state index contributed by atoms with van der Waals surface area (Å²) in [7, 11) is 0. The first kappa shape index (κ1) is 12.1. The van der Waals surface area contributed by atoms with Crippen LogP contribution in [0.15, 0.2) is 6.07 Å². The van der Waals surface area contributed by atoms with Crippen molar-refractivity contribution in [1.82, 2.24) is 14.7 Å². The molecule has 0 aliphatic carbocycles. The van der Waals surface area contributed by atoms with Gasteiger partial charge in [-0.1, -0.05) is 0 Å². The molecule has 1 aliphatic heterocycles. The number of aliphatic hydroxyl groups is 2. The number of carbonyl (C=O) groups is 1. The molecule has 0 aromatic carbocycles. The standard InChI is InChI=1S/C11H17N3O3/c1-3-14-8(4-7(2)12-14)11(17)13-5-9(15)10(16)6-13/h4,9-10,15-16H,3,5-6H2,1-2H3/t9-,10+. The van der Waals surface area contributed by atoms with Gasteiger partial charge in [0, 0.05) is 19.6 Å². The summed E-state index contributed by atoms with van der Waals surface area (Å²) in [5.74, 6) is -0.192. The van der Waals surface area contributed by atoms with Crippen LogP contribution in [0.2, 0.25) is 0 Å².